The molecule has 36 heavy (non-hydrogen) atoms. The molecule has 1 aromatic carbocycles. The summed E-state index contributed by atoms with van der Waals surface area (Å²) in [5, 5.41) is 9.90. The van der Waals surface area contributed by atoms with Crippen molar-refractivity contribution in [2.24, 2.45) is 5.73 Å². The van der Waals surface area contributed by atoms with Crippen LogP contribution in [0.3, 0.4) is 0 Å². The number of benzene rings is 1. The number of H-pyrrole nitrogens is 1. The summed E-state index contributed by atoms with van der Waals surface area (Å²) in [6.07, 6.45) is 7.04. The molecule has 0 saturated heterocycles. The average molecular weight is 490 g/mol. The molecule has 3 N–H and O–H groups in total. The van der Waals surface area contributed by atoms with Crippen molar-refractivity contribution in [3.8, 4) is 11.9 Å². The van der Waals surface area contributed by atoms with E-state index < -0.39 is 5.63 Å². The summed E-state index contributed by atoms with van der Waals surface area (Å²) in [6, 6.07) is 9.64. The Hall–Kier alpha value is -4.23. The lowest BCUT2D eigenvalue weighted by atomic mass is 9.93. The highest BCUT2D eigenvalue weighted by molar-refractivity contribution is 6.02. The Balaban J connectivity index is 0.000000149. The fourth-order valence-electron chi connectivity index (χ4n) is 4.79. The molecule has 0 unspecified atom stereocenters. The van der Waals surface area contributed by atoms with Gasteiger partial charge in [0.1, 0.15) is 23.2 Å². The van der Waals surface area contributed by atoms with Gasteiger partial charge in [0, 0.05) is 29.9 Å². The van der Waals surface area contributed by atoms with Gasteiger partial charge in [0.25, 0.3) is 5.91 Å². The number of fused-ring (bicyclic) bond motifs is 4. The number of pyridine rings is 1. The molecule has 6 rings (SSSR count). The molecule has 2 aliphatic rings. The van der Waals surface area contributed by atoms with Crippen LogP contribution in [0, 0.1) is 17.1 Å². The van der Waals surface area contributed by atoms with Crippen LogP contribution in [0.2, 0.25) is 0 Å². The molecule has 1 fully saturated rings. The standard InChI is InChI=1S/C14H15N3O2.C12H9FN2O2/c15-7-10-6-12-14(16-8-10)19-9-13(18)17(12)11-4-2-1-3-5-11;13-6-1-2-10-8(3-6)11-9(12(16)17-10)4-7(5-14)15-11/h6,8,11H,1-5,9H2;1-4,15H,5,14H2. The zero-order valence-corrected chi connectivity index (χ0v) is 19.4. The number of nitrogens with one attached hydrogen (secondary N) is 1. The zero-order valence-electron chi connectivity index (χ0n) is 19.4. The van der Waals surface area contributed by atoms with Gasteiger partial charge in [-0.05, 0) is 43.2 Å². The fourth-order valence-corrected chi connectivity index (χ4v) is 4.79. The van der Waals surface area contributed by atoms with Gasteiger partial charge in [-0.15, -0.1) is 0 Å². The number of rotatable bonds is 2. The SMILES string of the molecule is N#Cc1cnc2c(c1)N(C1CCCCC1)C(=O)CO2.NCc1cc2c(=O)oc3ccc(F)cc3c2[nH]1. The van der Waals surface area contributed by atoms with E-state index in [9.17, 15) is 14.0 Å². The van der Waals surface area contributed by atoms with Crippen molar-refractivity contribution in [1.82, 2.24) is 9.97 Å². The molecule has 4 heterocycles. The first kappa shape index (κ1) is 23.5. The normalized spacial score (nSPS) is 15.7. The quantitative estimate of drug-likeness (QED) is 0.407. The molecule has 0 atom stereocenters. The molecule has 1 aliphatic carbocycles. The monoisotopic (exact) mass is 489 g/mol. The van der Waals surface area contributed by atoms with E-state index in [4.69, 9.17) is 20.1 Å². The van der Waals surface area contributed by atoms with Crippen LogP contribution in [0.5, 0.6) is 5.88 Å². The Labute approximate surface area is 205 Å². The molecule has 1 saturated carbocycles. The first-order valence-corrected chi connectivity index (χ1v) is 11.8. The summed E-state index contributed by atoms with van der Waals surface area (Å²) in [4.78, 5) is 32.8. The largest absolute Gasteiger partial charge is 0.466 e. The predicted octanol–water partition coefficient (Wildman–Crippen LogP) is 3.88. The molecular weight excluding hydrogens is 465 g/mol. The van der Waals surface area contributed by atoms with E-state index in [1.54, 1.807) is 17.0 Å². The highest BCUT2D eigenvalue weighted by atomic mass is 19.1. The van der Waals surface area contributed by atoms with Crippen LogP contribution in [-0.2, 0) is 11.3 Å². The second kappa shape index (κ2) is 9.79. The molecule has 3 aromatic heterocycles. The number of carbonyl (C=O) groups is 1. The molecule has 0 spiro atoms. The second-order valence-corrected chi connectivity index (χ2v) is 8.82. The van der Waals surface area contributed by atoms with E-state index >= 15 is 0 Å². The number of halogens is 1. The maximum Gasteiger partial charge on any atom is 0.345 e. The van der Waals surface area contributed by atoms with Gasteiger partial charge >= 0.3 is 5.63 Å². The molecule has 0 bridgehead atoms. The number of nitrogens with two attached hydrogens (primary N) is 1. The van der Waals surface area contributed by atoms with Crippen LogP contribution in [0.4, 0.5) is 10.1 Å². The number of anilines is 1. The number of amides is 1. The Kier molecular flexibility index (Phi) is 6.40. The van der Waals surface area contributed by atoms with Gasteiger partial charge in [0.05, 0.1) is 16.5 Å². The van der Waals surface area contributed by atoms with Crippen molar-refractivity contribution in [1.29, 1.82) is 5.26 Å². The Morgan fingerprint density at radius 1 is 1.17 bits per heavy atom. The van der Waals surface area contributed by atoms with E-state index in [1.165, 1.54) is 30.8 Å². The molecule has 1 amide bonds. The Bertz CT molecular complexity index is 1550. The Morgan fingerprint density at radius 2 is 1.97 bits per heavy atom. The van der Waals surface area contributed by atoms with E-state index in [1.807, 2.05) is 0 Å². The lowest BCUT2D eigenvalue weighted by molar-refractivity contribution is -0.122. The van der Waals surface area contributed by atoms with Crippen LogP contribution < -0.4 is 21.0 Å². The third kappa shape index (κ3) is 4.41. The van der Waals surface area contributed by atoms with Crippen molar-refractivity contribution in [3.05, 3.63) is 64.0 Å². The summed E-state index contributed by atoms with van der Waals surface area (Å²) in [6.45, 7) is 0.327. The summed E-state index contributed by atoms with van der Waals surface area (Å²) in [7, 11) is 0. The van der Waals surface area contributed by atoms with E-state index in [-0.39, 0.29) is 30.9 Å². The van der Waals surface area contributed by atoms with Crippen LogP contribution >= 0.6 is 0 Å². The highest BCUT2D eigenvalue weighted by Gasteiger charge is 2.33. The Morgan fingerprint density at radius 3 is 2.72 bits per heavy atom. The fraction of sp³-hybridized carbons (Fsp3) is 0.308. The van der Waals surface area contributed by atoms with E-state index in [0.29, 0.717) is 44.7 Å². The highest BCUT2D eigenvalue weighted by Crippen LogP contribution is 2.35. The number of nitriles is 1. The van der Waals surface area contributed by atoms with Crippen molar-refractivity contribution in [2.75, 3.05) is 11.5 Å². The minimum atomic E-state index is -0.449. The predicted molar refractivity (Wildman–Crippen MR) is 131 cm³/mol. The topological polar surface area (TPSA) is 138 Å². The van der Waals surface area contributed by atoms with Crippen molar-refractivity contribution >= 4 is 33.5 Å². The minimum Gasteiger partial charge on any atom is -0.466 e. The van der Waals surface area contributed by atoms with Gasteiger partial charge in [-0.3, -0.25) is 4.79 Å². The summed E-state index contributed by atoms with van der Waals surface area (Å²) < 4.78 is 23.6. The first-order chi connectivity index (χ1) is 17.5. The van der Waals surface area contributed by atoms with Gasteiger partial charge < -0.3 is 24.8 Å². The van der Waals surface area contributed by atoms with Crippen molar-refractivity contribution in [2.45, 2.75) is 44.7 Å². The van der Waals surface area contributed by atoms with Gasteiger partial charge in [-0.25, -0.2) is 14.2 Å². The lowest BCUT2D eigenvalue weighted by Crippen LogP contribution is -2.46. The molecule has 1 aliphatic heterocycles. The lowest BCUT2D eigenvalue weighted by Gasteiger charge is -2.37. The van der Waals surface area contributed by atoms with Gasteiger partial charge in [0.2, 0.25) is 5.88 Å². The summed E-state index contributed by atoms with van der Waals surface area (Å²) in [5.74, 6) is 0.0528. The number of hydrogen-bond acceptors (Lipinski definition) is 7. The van der Waals surface area contributed by atoms with Crippen LogP contribution in [0.15, 0.2) is 45.7 Å². The number of aromatic nitrogens is 2. The van der Waals surface area contributed by atoms with E-state index in [2.05, 4.69) is 16.0 Å². The second-order valence-electron chi connectivity index (χ2n) is 8.82. The molecular formula is C26H24FN5O4. The van der Waals surface area contributed by atoms with Gasteiger partial charge in [0.15, 0.2) is 6.61 Å². The number of ether oxygens (including phenoxy) is 1. The van der Waals surface area contributed by atoms with Crippen LogP contribution in [0.1, 0.15) is 43.4 Å². The number of hydrogen-bond donors (Lipinski definition) is 2. The summed E-state index contributed by atoms with van der Waals surface area (Å²) in [5.41, 5.74) is 7.80. The molecule has 9 nitrogen and oxygen atoms in total. The maximum atomic E-state index is 13.2. The summed E-state index contributed by atoms with van der Waals surface area (Å²) >= 11 is 0. The third-order valence-corrected chi connectivity index (χ3v) is 6.49. The molecule has 4 aromatic rings. The first-order valence-electron chi connectivity index (χ1n) is 11.8. The maximum absolute atomic E-state index is 13.2. The number of nitrogens with zero attached hydrogens (tertiary/aromatic N) is 3. The van der Waals surface area contributed by atoms with Gasteiger partial charge in [-0.2, -0.15) is 5.26 Å². The average Bonchev–Trinajstić information content (AvgIpc) is 3.35. The molecule has 184 valence electrons. The van der Waals surface area contributed by atoms with Crippen molar-refractivity contribution < 1.29 is 18.3 Å². The van der Waals surface area contributed by atoms with Crippen LogP contribution in [-0.4, -0.2) is 28.5 Å². The smallest absolute Gasteiger partial charge is 0.345 e. The molecule has 10 heteroatoms. The number of carbonyl (C=O) groups excluding carboxylic acids is 1. The third-order valence-electron chi connectivity index (χ3n) is 6.49. The number of aromatic amines is 1. The van der Waals surface area contributed by atoms with E-state index in [0.717, 1.165) is 25.7 Å². The van der Waals surface area contributed by atoms with Crippen LogP contribution in [0.25, 0.3) is 21.9 Å². The van der Waals surface area contributed by atoms with Gasteiger partial charge in [-0.1, -0.05) is 19.3 Å². The molecule has 0 radical (unpaired) electrons. The van der Waals surface area contributed by atoms with Crippen molar-refractivity contribution in [3.63, 3.8) is 0 Å². The zero-order chi connectivity index (χ0) is 25.2. The minimum absolute atomic E-state index is 0.0312.